The number of nitrogens with two attached hydrogens (primary N) is 1. The van der Waals surface area contributed by atoms with Gasteiger partial charge in [-0.15, -0.1) is 0 Å². The fraction of sp³-hybridized carbons (Fsp3) is 1.00. The van der Waals surface area contributed by atoms with Gasteiger partial charge in [0.2, 0.25) is 0 Å². The molecule has 4 heteroatoms. The Morgan fingerprint density at radius 1 is 1.64 bits per heavy atom. The van der Waals surface area contributed by atoms with E-state index in [1.165, 1.54) is 0 Å². The third-order valence-corrected chi connectivity index (χ3v) is 3.01. The van der Waals surface area contributed by atoms with Crippen LogP contribution in [-0.4, -0.2) is 55.0 Å². The summed E-state index contributed by atoms with van der Waals surface area (Å²) in [5.74, 6) is 0. The molecular weight excluding hydrogens is 180 g/mol. The molecule has 3 unspecified atom stereocenters. The molecule has 1 aliphatic rings. The minimum Gasteiger partial charge on any atom is -0.395 e. The second-order valence-corrected chi connectivity index (χ2v) is 4.10. The molecule has 0 amide bonds. The smallest absolute Gasteiger partial charge is 0.0698 e. The first-order valence-electron chi connectivity index (χ1n) is 5.32. The summed E-state index contributed by atoms with van der Waals surface area (Å²) in [6.45, 7) is 3.99. The third-order valence-electron chi connectivity index (χ3n) is 3.01. The highest BCUT2D eigenvalue weighted by Gasteiger charge is 2.27. The monoisotopic (exact) mass is 202 g/mol. The van der Waals surface area contributed by atoms with Gasteiger partial charge in [0, 0.05) is 25.7 Å². The summed E-state index contributed by atoms with van der Waals surface area (Å²) in [5, 5.41) is 9.25. The quantitative estimate of drug-likeness (QED) is 0.663. The first kappa shape index (κ1) is 11.9. The van der Waals surface area contributed by atoms with E-state index >= 15 is 0 Å². The molecule has 1 fully saturated rings. The number of methoxy groups -OCH3 is 1. The Balaban J connectivity index is 2.48. The number of hydrogen-bond donors (Lipinski definition) is 2. The Morgan fingerprint density at radius 3 is 2.86 bits per heavy atom. The molecule has 0 bridgehead atoms. The van der Waals surface area contributed by atoms with E-state index in [1.807, 2.05) is 6.92 Å². The molecule has 0 aromatic carbocycles. The molecule has 0 saturated carbocycles. The minimum atomic E-state index is 0.00982. The Labute approximate surface area is 86.0 Å². The maximum atomic E-state index is 9.25. The normalized spacial score (nSPS) is 28.7. The lowest BCUT2D eigenvalue weighted by Crippen LogP contribution is -2.53. The number of rotatable bonds is 4. The van der Waals surface area contributed by atoms with Gasteiger partial charge in [0.05, 0.1) is 12.7 Å². The molecule has 0 aromatic rings. The van der Waals surface area contributed by atoms with Crippen LogP contribution >= 0.6 is 0 Å². The van der Waals surface area contributed by atoms with Crippen molar-refractivity contribution in [1.29, 1.82) is 0 Å². The SMILES string of the molecule is COC1CCCN(C(CO)C(C)N)C1. The highest BCUT2D eigenvalue weighted by molar-refractivity contribution is 4.83. The Morgan fingerprint density at radius 2 is 2.36 bits per heavy atom. The molecule has 0 radical (unpaired) electrons. The number of ether oxygens (including phenoxy) is 1. The molecule has 84 valence electrons. The van der Waals surface area contributed by atoms with Gasteiger partial charge in [-0.3, -0.25) is 4.90 Å². The number of likely N-dealkylation sites (tertiary alicyclic amines) is 1. The topological polar surface area (TPSA) is 58.7 Å². The van der Waals surface area contributed by atoms with Crippen LogP contribution in [0.2, 0.25) is 0 Å². The van der Waals surface area contributed by atoms with Crippen LogP contribution in [0.25, 0.3) is 0 Å². The second-order valence-electron chi connectivity index (χ2n) is 4.10. The Hall–Kier alpha value is -0.160. The Kier molecular flexibility index (Phi) is 4.81. The molecule has 0 spiro atoms. The summed E-state index contributed by atoms with van der Waals surface area (Å²) in [6, 6.07) is 0.0866. The van der Waals surface area contributed by atoms with E-state index < -0.39 is 0 Å². The number of hydrogen-bond acceptors (Lipinski definition) is 4. The molecule has 1 rings (SSSR count). The van der Waals surface area contributed by atoms with Gasteiger partial charge >= 0.3 is 0 Å². The van der Waals surface area contributed by atoms with Crippen molar-refractivity contribution in [2.24, 2.45) is 5.73 Å². The zero-order valence-corrected chi connectivity index (χ0v) is 9.15. The molecule has 14 heavy (non-hydrogen) atoms. The van der Waals surface area contributed by atoms with Gasteiger partial charge < -0.3 is 15.6 Å². The Bertz CT molecular complexity index is 164. The maximum Gasteiger partial charge on any atom is 0.0698 e. The van der Waals surface area contributed by atoms with E-state index in [-0.39, 0.29) is 18.7 Å². The minimum absolute atomic E-state index is 0.00982. The van der Waals surface area contributed by atoms with E-state index in [0.717, 1.165) is 25.9 Å². The summed E-state index contributed by atoms with van der Waals surface area (Å²) in [4.78, 5) is 2.24. The fourth-order valence-corrected chi connectivity index (χ4v) is 2.07. The summed E-state index contributed by atoms with van der Waals surface area (Å²) in [7, 11) is 1.74. The van der Waals surface area contributed by atoms with Crippen molar-refractivity contribution in [3.8, 4) is 0 Å². The average Bonchev–Trinajstić information content (AvgIpc) is 2.19. The molecule has 0 aromatic heterocycles. The van der Waals surface area contributed by atoms with Crippen LogP contribution in [0.3, 0.4) is 0 Å². The van der Waals surface area contributed by atoms with E-state index in [0.29, 0.717) is 6.10 Å². The number of aliphatic hydroxyl groups is 1. The lowest BCUT2D eigenvalue weighted by molar-refractivity contribution is -0.00124. The molecular formula is C10H22N2O2. The van der Waals surface area contributed by atoms with Crippen molar-refractivity contribution in [1.82, 2.24) is 4.90 Å². The lowest BCUT2D eigenvalue weighted by Gasteiger charge is -2.38. The number of piperidine rings is 1. The van der Waals surface area contributed by atoms with Crippen molar-refractivity contribution >= 4 is 0 Å². The lowest BCUT2D eigenvalue weighted by atomic mass is 10.0. The van der Waals surface area contributed by atoms with E-state index in [2.05, 4.69) is 4.90 Å². The van der Waals surface area contributed by atoms with Gasteiger partial charge in [-0.2, -0.15) is 0 Å². The van der Waals surface area contributed by atoms with E-state index in [1.54, 1.807) is 7.11 Å². The molecule has 3 N–H and O–H groups in total. The van der Waals surface area contributed by atoms with Crippen molar-refractivity contribution in [3.05, 3.63) is 0 Å². The van der Waals surface area contributed by atoms with Gasteiger partial charge in [-0.05, 0) is 26.3 Å². The van der Waals surface area contributed by atoms with Crippen LogP contribution in [0.4, 0.5) is 0 Å². The van der Waals surface area contributed by atoms with Gasteiger partial charge in [0.25, 0.3) is 0 Å². The van der Waals surface area contributed by atoms with Crippen molar-refractivity contribution in [2.45, 2.75) is 38.0 Å². The summed E-state index contributed by atoms with van der Waals surface area (Å²) < 4.78 is 5.33. The predicted molar refractivity (Wildman–Crippen MR) is 56.1 cm³/mol. The number of aliphatic hydroxyl groups excluding tert-OH is 1. The largest absolute Gasteiger partial charge is 0.395 e. The summed E-state index contributed by atoms with van der Waals surface area (Å²) >= 11 is 0. The zero-order chi connectivity index (χ0) is 10.6. The third kappa shape index (κ3) is 2.92. The van der Waals surface area contributed by atoms with Crippen LogP contribution in [0.15, 0.2) is 0 Å². The molecule has 1 aliphatic heterocycles. The van der Waals surface area contributed by atoms with Gasteiger partial charge in [0.15, 0.2) is 0 Å². The summed E-state index contributed by atoms with van der Waals surface area (Å²) in [5.41, 5.74) is 5.82. The van der Waals surface area contributed by atoms with Gasteiger partial charge in [0.1, 0.15) is 0 Å². The number of nitrogens with zero attached hydrogens (tertiary/aromatic N) is 1. The van der Waals surface area contributed by atoms with Crippen molar-refractivity contribution in [2.75, 3.05) is 26.8 Å². The van der Waals surface area contributed by atoms with E-state index in [9.17, 15) is 5.11 Å². The van der Waals surface area contributed by atoms with Crippen LogP contribution in [0.1, 0.15) is 19.8 Å². The standard InChI is InChI=1S/C10H22N2O2/c1-8(11)10(7-13)12-5-3-4-9(6-12)14-2/h8-10,13H,3-7,11H2,1-2H3. The van der Waals surface area contributed by atoms with Crippen LogP contribution < -0.4 is 5.73 Å². The molecule has 0 aliphatic carbocycles. The van der Waals surface area contributed by atoms with Crippen LogP contribution in [0, 0.1) is 0 Å². The van der Waals surface area contributed by atoms with E-state index in [4.69, 9.17) is 10.5 Å². The predicted octanol–water partition coefficient (Wildman–Crippen LogP) is -0.195. The molecule has 4 nitrogen and oxygen atoms in total. The zero-order valence-electron chi connectivity index (χ0n) is 9.15. The molecule has 3 atom stereocenters. The van der Waals surface area contributed by atoms with Crippen LogP contribution in [-0.2, 0) is 4.74 Å². The highest BCUT2D eigenvalue weighted by atomic mass is 16.5. The van der Waals surface area contributed by atoms with Crippen LogP contribution in [0.5, 0.6) is 0 Å². The second kappa shape index (κ2) is 5.66. The van der Waals surface area contributed by atoms with Crippen molar-refractivity contribution < 1.29 is 9.84 Å². The molecule has 1 heterocycles. The average molecular weight is 202 g/mol. The summed E-state index contributed by atoms with van der Waals surface area (Å²) in [6.07, 6.45) is 2.54. The van der Waals surface area contributed by atoms with Gasteiger partial charge in [-0.1, -0.05) is 0 Å². The fourth-order valence-electron chi connectivity index (χ4n) is 2.07. The maximum absolute atomic E-state index is 9.25. The first-order valence-corrected chi connectivity index (χ1v) is 5.32. The van der Waals surface area contributed by atoms with Gasteiger partial charge in [-0.25, -0.2) is 0 Å². The molecule has 1 saturated heterocycles. The highest BCUT2D eigenvalue weighted by Crippen LogP contribution is 2.16. The first-order chi connectivity index (χ1) is 6.69. The van der Waals surface area contributed by atoms with Crippen molar-refractivity contribution in [3.63, 3.8) is 0 Å².